The van der Waals surface area contributed by atoms with Gasteiger partial charge in [0.2, 0.25) is 0 Å². The Labute approximate surface area is 160 Å². The monoisotopic (exact) mass is 375 g/mol. The van der Waals surface area contributed by atoms with E-state index in [0.717, 1.165) is 24.2 Å². The number of piperazine rings is 1. The fourth-order valence-corrected chi connectivity index (χ4v) is 3.82. The molecule has 148 valence electrons. The number of hydrogen-bond donors (Lipinski definition) is 1. The third-order valence-electron chi connectivity index (χ3n) is 5.67. The summed E-state index contributed by atoms with van der Waals surface area (Å²) in [7, 11) is 0. The first kappa shape index (κ1) is 19.5. The van der Waals surface area contributed by atoms with Crippen molar-refractivity contribution in [3.8, 4) is 0 Å². The Balaban J connectivity index is 1.76. The van der Waals surface area contributed by atoms with Crippen LogP contribution in [0, 0.1) is 5.41 Å². The number of amides is 1. The highest BCUT2D eigenvalue weighted by Gasteiger charge is 2.53. The summed E-state index contributed by atoms with van der Waals surface area (Å²) in [5, 5.41) is 9.51. The van der Waals surface area contributed by atoms with Crippen molar-refractivity contribution in [2.45, 2.75) is 52.0 Å². The topological polar surface area (TPSA) is 83.0 Å². The molecule has 0 aromatic carbocycles. The molecular formula is C20H29N3O4. The van der Waals surface area contributed by atoms with Crippen LogP contribution in [0.25, 0.3) is 0 Å². The number of aromatic nitrogens is 1. The van der Waals surface area contributed by atoms with E-state index < -0.39 is 11.5 Å². The van der Waals surface area contributed by atoms with Gasteiger partial charge in [-0.1, -0.05) is 26.8 Å². The molecule has 0 spiro atoms. The molecule has 1 unspecified atom stereocenters. The molecule has 3 rings (SSSR count). The molecule has 0 bridgehead atoms. The number of carboxylic acid groups (broad SMARTS) is 1. The van der Waals surface area contributed by atoms with E-state index in [9.17, 15) is 14.7 Å². The Hall–Kier alpha value is -2.31. The molecule has 2 fully saturated rings. The maximum Gasteiger partial charge on any atom is 0.407 e. The minimum atomic E-state index is -0.872. The molecule has 1 saturated heterocycles. The van der Waals surface area contributed by atoms with Gasteiger partial charge in [-0.15, -0.1) is 0 Å². The van der Waals surface area contributed by atoms with Crippen LogP contribution in [0.1, 0.15) is 46.1 Å². The Morgan fingerprint density at radius 3 is 2.48 bits per heavy atom. The van der Waals surface area contributed by atoms with Crippen LogP contribution in [0.3, 0.4) is 0 Å². The van der Waals surface area contributed by atoms with Crippen LogP contribution < -0.4 is 4.90 Å². The molecule has 7 heteroatoms. The smallest absolute Gasteiger partial charge is 0.407 e. The van der Waals surface area contributed by atoms with E-state index in [4.69, 9.17) is 4.74 Å². The highest BCUT2D eigenvalue weighted by Crippen LogP contribution is 2.49. The molecule has 1 saturated carbocycles. The molecule has 1 aliphatic carbocycles. The Morgan fingerprint density at radius 2 is 2.00 bits per heavy atom. The van der Waals surface area contributed by atoms with E-state index in [-0.39, 0.29) is 17.4 Å². The third kappa shape index (κ3) is 3.73. The van der Waals surface area contributed by atoms with Crippen LogP contribution in [-0.4, -0.2) is 59.3 Å². The fraction of sp³-hybridized carbons (Fsp3) is 0.650. The second-order valence-corrected chi connectivity index (χ2v) is 8.51. The van der Waals surface area contributed by atoms with Crippen molar-refractivity contribution >= 4 is 17.9 Å². The van der Waals surface area contributed by atoms with Gasteiger partial charge in [-0.05, 0) is 36.8 Å². The summed E-state index contributed by atoms with van der Waals surface area (Å²) in [5.74, 6) is 0.653. The van der Waals surface area contributed by atoms with E-state index in [1.54, 1.807) is 6.20 Å². The number of ether oxygens (including phenoxy) is 1. The Morgan fingerprint density at radius 1 is 1.30 bits per heavy atom. The lowest BCUT2D eigenvalue weighted by atomic mass is 9.84. The van der Waals surface area contributed by atoms with Crippen molar-refractivity contribution in [2.75, 3.05) is 31.1 Å². The molecule has 1 aromatic rings. The van der Waals surface area contributed by atoms with E-state index in [1.807, 2.05) is 19.1 Å². The van der Waals surface area contributed by atoms with Gasteiger partial charge in [0.1, 0.15) is 5.82 Å². The van der Waals surface area contributed by atoms with E-state index >= 15 is 0 Å². The van der Waals surface area contributed by atoms with Crippen molar-refractivity contribution in [3.63, 3.8) is 0 Å². The number of rotatable bonds is 4. The quantitative estimate of drug-likeness (QED) is 0.815. The SMILES string of the molecule is CCOC(=O)C1(c2ccc(N3CCN(C(=O)O)C(C(C)(C)C)C3)nc2)CC1. The predicted molar refractivity (Wildman–Crippen MR) is 102 cm³/mol. The van der Waals surface area contributed by atoms with E-state index in [0.29, 0.717) is 26.2 Å². The molecular weight excluding hydrogens is 346 g/mol. The molecule has 1 N–H and O–H groups in total. The standard InChI is InChI=1S/C20H29N3O4/c1-5-27-17(24)20(8-9-20)14-6-7-16(21-12-14)22-10-11-23(18(25)26)15(13-22)19(2,3)4/h6-7,12,15H,5,8-11,13H2,1-4H3,(H,25,26). The van der Waals surface area contributed by atoms with Crippen LogP contribution in [0.15, 0.2) is 18.3 Å². The molecule has 2 aliphatic rings. The number of anilines is 1. The largest absolute Gasteiger partial charge is 0.465 e. The van der Waals surface area contributed by atoms with Gasteiger partial charge in [0.15, 0.2) is 0 Å². The molecule has 27 heavy (non-hydrogen) atoms. The number of esters is 1. The van der Waals surface area contributed by atoms with Crippen molar-refractivity contribution in [3.05, 3.63) is 23.9 Å². The zero-order chi connectivity index (χ0) is 19.8. The molecule has 0 radical (unpaired) electrons. The van der Waals surface area contributed by atoms with Crippen molar-refractivity contribution < 1.29 is 19.4 Å². The first-order valence-corrected chi connectivity index (χ1v) is 9.57. The van der Waals surface area contributed by atoms with Gasteiger partial charge >= 0.3 is 12.1 Å². The summed E-state index contributed by atoms with van der Waals surface area (Å²) in [6.07, 6.45) is 2.50. The highest BCUT2D eigenvalue weighted by atomic mass is 16.5. The first-order valence-electron chi connectivity index (χ1n) is 9.57. The summed E-state index contributed by atoms with van der Waals surface area (Å²) in [6, 6.07) is 3.78. The molecule has 1 aromatic heterocycles. The second kappa shape index (κ2) is 7.02. The van der Waals surface area contributed by atoms with Gasteiger partial charge in [0, 0.05) is 25.8 Å². The number of pyridine rings is 1. The zero-order valence-corrected chi connectivity index (χ0v) is 16.6. The summed E-state index contributed by atoms with van der Waals surface area (Å²) in [5.41, 5.74) is 0.220. The van der Waals surface area contributed by atoms with E-state index in [2.05, 4.69) is 30.7 Å². The van der Waals surface area contributed by atoms with Crippen molar-refractivity contribution in [1.29, 1.82) is 0 Å². The second-order valence-electron chi connectivity index (χ2n) is 8.51. The lowest BCUT2D eigenvalue weighted by Gasteiger charge is -2.46. The minimum Gasteiger partial charge on any atom is -0.465 e. The predicted octanol–water partition coefficient (Wildman–Crippen LogP) is 2.89. The summed E-state index contributed by atoms with van der Waals surface area (Å²) < 4.78 is 5.22. The van der Waals surface area contributed by atoms with Crippen LogP contribution in [0.2, 0.25) is 0 Å². The molecule has 1 aliphatic heterocycles. The summed E-state index contributed by atoms with van der Waals surface area (Å²) in [6.45, 7) is 10.0. The Kier molecular flexibility index (Phi) is 5.06. The van der Waals surface area contributed by atoms with Gasteiger partial charge in [0.05, 0.1) is 18.1 Å². The van der Waals surface area contributed by atoms with Crippen LogP contribution in [0.4, 0.5) is 10.6 Å². The molecule has 7 nitrogen and oxygen atoms in total. The number of carbonyl (C=O) groups is 2. The van der Waals surface area contributed by atoms with Crippen LogP contribution >= 0.6 is 0 Å². The molecule has 1 atom stereocenters. The number of nitrogens with zero attached hydrogens (tertiary/aromatic N) is 3. The molecule has 2 heterocycles. The average molecular weight is 375 g/mol. The normalized spacial score (nSPS) is 21.7. The fourth-order valence-electron chi connectivity index (χ4n) is 3.82. The van der Waals surface area contributed by atoms with Gasteiger partial charge in [-0.25, -0.2) is 9.78 Å². The van der Waals surface area contributed by atoms with E-state index in [1.165, 1.54) is 4.90 Å². The minimum absolute atomic E-state index is 0.112. The number of hydrogen-bond acceptors (Lipinski definition) is 5. The van der Waals surface area contributed by atoms with Gasteiger partial charge in [-0.3, -0.25) is 4.79 Å². The lowest BCUT2D eigenvalue weighted by Crippen LogP contribution is -2.59. The average Bonchev–Trinajstić information content (AvgIpc) is 3.43. The van der Waals surface area contributed by atoms with Crippen LogP contribution in [-0.2, 0) is 14.9 Å². The third-order valence-corrected chi connectivity index (χ3v) is 5.67. The van der Waals surface area contributed by atoms with Gasteiger partial charge < -0.3 is 19.6 Å². The maximum atomic E-state index is 12.2. The Bertz CT molecular complexity index is 707. The summed E-state index contributed by atoms with van der Waals surface area (Å²) >= 11 is 0. The summed E-state index contributed by atoms with van der Waals surface area (Å²) in [4.78, 5) is 32.1. The van der Waals surface area contributed by atoms with Gasteiger partial charge in [-0.2, -0.15) is 0 Å². The zero-order valence-electron chi connectivity index (χ0n) is 16.6. The number of carbonyl (C=O) groups excluding carboxylic acids is 1. The molecule has 1 amide bonds. The first-order chi connectivity index (χ1) is 12.7. The van der Waals surface area contributed by atoms with Crippen LogP contribution in [0.5, 0.6) is 0 Å². The maximum absolute atomic E-state index is 12.2. The lowest BCUT2D eigenvalue weighted by molar-refractivity contribution is -0.146. The van der Waals surface area contributed by atoms with Gasteiger partial charge in [0.25, 0.3) is 0 Å². The van der Waals surface area contributed by atoms with Crippen molar-refractivity contribution in [1.82, 2.24) is 9.88 Å². The van der Waals surface area contributed by atoms with Crippen molar-refractivity contribution in [2.24, 2.45) is 5.41 Å². The highest BCUT2D eigenvalue weighted by molar-refractivity contribution is 5.86.